The average molecular weight is 144 g/mol. The molecule has 2 heteroatoms. The van der Waals surface area contributed by atoms with Gasteiger partial charge in [-0.3, -0.25) is 5.43 Å². The van der Waals surface area contributed by atoms with E-state index in [0.29, 0.717) is 0 Å². The highest BCUT2D eigenvalue weighted by atomic mass is 15.3. The van der Waals surface area contributed by atoms with Crippen molar-refractivity contribution in [3.05, 3.63) is 41.6 Å². The molecule has 54 valence electrons. The maximum atomic E-state index is 3.95. The highest BCUT2D eigenvalue weighted by Gasteiger charge is 1.95. The molecule has 0 unspecified atom stereocenters. The zero-order valence-corrected chi connectivity index (χ0v) is 5.99. The fourth-order valence-electron chi connectivity index (χ4n) is 1.06. The molecule has 0 radical (unpaired) electrons. The maximum Gasteiger partial charge on any atom is 0.0550 e. The van der Waals surface area contributed by atoms with Crippen LogP contribution in [0.1, 0.15) is 11.1 Å². The Hall–Kier alpha value is -1.57. The molecule has 0 aliphatic carbocycles. The van der Waals surface area contributed by atoms with E-state index in [2.05, 4.69) is 16.6 Å². The molecule has 2 rings (SSSR count). The first kappa shape index (κ1) is 6.16. The number of rotatable bonds is 0. The van der Waals surface area contributed by atoms with E-state index >= 15 is 0 Å². The van der Waals surface area contributed by atoms with Crippen LogP contribution in [-0.2, 0) is 0 Å². The molecular weight excluding hydrogens is 136 g/mol. The molecule has 0 saturated heterocycles. The van der Waals surface area contributed by atoms with E-state index in [1.165, 1.54) is 5.56 Å². The highest BCUT2D eigenvalue weighted by Crippen LogP contribution is 2.08. The largest absolute Gasteiger partial charge is 0.286 e. The Morgan fingerprint density at radius 3 is 2.82 bits per heavy atom. The number of nitrogens with one attached hydrogen (secondary N) is 1. The second-order valence-corrected chi connectivity index (χ2v) is 2.35. The van der Waals surface area contributed by atoms with Crippen molar-refractivity contribution in [2.75, 3.05) is 0 Å². The van der Waals surface area contributed by atoms with Gasteiger partial charge >= 0.3 is 0 Å². The topological polar surface area (TPSA) is 24.4 Å². The molecule has 0 fully saturated rings. The lowest BCUT2D eigenvalue weighted by Gasteiger charge is -1.94. The van der Waals surface area contributed by atoms with Crippen LogP contribution in [0.4, 0.5) is 0 Å². The van der Waals surface area contributed by atoms with E-state index in [0.717, 1.165) is 5.56 Å². The predicted molar refractivity (Wildman–Crippen MR) is 46.2 cm³/mol. The standard InChI is InChI=1S/C9H8N2/c1-2-4-9-7-11-10-6-5-8(9)3-1/h1-7,10H. The number of nitrogens with zero attached hydrogens (tertiary/aromatic N) is 1. The molecule has 2 nitrogen and oxygen atoms in total. The van der Waals surface area contributed by atoms with Gasteiger partial charge in [-0.2, -0.15) is 5.10 Å². The minimum absolute atomic E-state index is 1.15. The summed E-state index contributed by atoms with van der Waals surface area (Å²) in [6, 6.07) is 8.12. The lowest BCUT2D eigenvalue weighted by Crippen LogP contribution is -1.90. The Balaban J connectivity index is 2.58. The van der Waals surface area contributed by atoms with Crippen molar-refractivity contribution in [2.24, 2.45) is 5.10 Å². The van der Waals surface area contributed by atoms with Crippen LogP contribution in [0.5, 0.6) is 0 Å². The van der Waals surface area contributed by atoms with Crippen molar-refractivity contribution >= 4 is 12.3 Å². The van der Waals surface area contributed by atoms with Gasteiger partial charge in [0.05, 0.1) is 6.21 Å². The van der Waals surface area contributed by atoms with Crippen LogP contribution in [-0.4, -0.2) is 6.21 Å². The fourth-order valence-corrected chi connectivity index (χ4v) is 1.06. The van der Waals surface area contributed by atoms with E-state index in [9.17, 15) is 0 Å². The van der Waals surface area contributed by atoms with E-state index in [-0.39, 0.29) is 0 Å². The van der Waals surface area contributed by atoms with Gasteiger partial charge in [0.1, 0.15) is 0 Å². The van der Waals surface area contributed by atoms with Gasteiger partial charge in [-0.1, -0.05) is 24.3 Å². The Labute approximate surface area is 65.2 Å². The Bertz CT molecular complexity index is 282. The van der Waals surface area contributed by atoms with E-state index in [1.807, 2.05) is 36.7 Å². The molecule has 0 atom stereocenters. The van der Waals surface area contributed by atoms with Gasteiger partial charge in [-0.25, -0.2) is 0 Å². The molecule has 1 aliphatic rings. The van der Waals surface area contributed by atoms with Crippen LogP contribution in [0, 0.1) is 0 Å². The van der Waals surface area contributed by atoms with E-state index < -0.39 is 0 Å². The van der Waals surface area contributed by atoms with Crippen LogP contribution in [0.2, 0.25) is 0 Å². The third-order valence-electron chi connectivity index (χ3n) is 1.61. The van der Waals surface area contributed by atoms with E-state index in [4.69, 9.17) is 0 Å². The Morgan fingerprint density at radius 2 is 1.91 bits per heavy atom. The van der Waals surface area contributed by atoms with Gasteiger partial charge < -0.3 is 0 Å². The third kappa shape index (κ3) is 1.15. The normalized spacial score (nSPS) is 13.5. The minimum Gasteiger partial charge on any atom is -0.286 e. The Kier molecular flexibility index (Phi) is 1.44. The van der Waals surface area contributed by atoms with Crippen LogP contribution >= 0.6 is 0 Å². The molecule has 0 saturated carbocycles. The average Bonchev–Trinajstić information content (AvgIpc) is 2.28. The summed E-state index contributed by atoms with van der Waals surface area (Å²) in [5, 5.41) is 3.95. The summed E-state index contributed by atoms with van der Waals surface area (Å²) < 4.78 is 0. The highest BCUT2D eigenvalue weighted by molar-refractivity contribution is 5.85. The summed E-state index contributed by atoms with van der Waals surface area (Å²) >= 11 is 0. The van der Waals surface area contributed by atoms with Gasteiger partial charge in [0.2, 0.25) is 0 Å². The monoisotopic (exact) mass is 144 g/mol. The first-order valence-electron chi connectivity index (χ1n) is 3.51. The van der Waals surface area contributed by atoms with Crippen molar-refractivity contribution in [1.82, 2.24) is 5.43 Å². The second kappa shape index (κ2) is 2.58. The molecule has 0 spiro atoms. The van der Waals surface area contributed by atoms with Gasteiger partial charge in [0, 0.05) is 11.8 Å². The number of hydrazone groups is 1. The van der Waals surface area contributed by atoms with Crippen LogP contribution in [0.25, 0.3) is 6.08 Å². The minimum atomic E-state index is 1.15. The lowest BCUT2D eigenvalue weighted by molar-refractivity contribution is 0.985. The van der Waals surface area contributed by atoms with Gasteiger partial charge in [0.25, 0.3) is 0 Å². The summed E-state index contributed by atoms with van der Waals surface area (Å²) in [5.74, 6) is 0. The fraction of sp³-hybridized carbons (Fsp3) is 0. The zero-order chi connectivity index (χ0) is 7.52. The molecule has 0 bridgehead atoms. The number of benzene rings is 1. The SMILES string of the molecule is C1=Cc2ccccc2C=NN1. The van der Waals surface area contributed by atoms with Crippen molar-refractivity contribution in [3.8, 4) is 0 Å². The molecule has 0 aromatic heterocycles. The van der Waals surface area contributed by atoms with Crippen LogP contribution < -0.4 is 5.43 Å². The molecular formula is C9H8N2. The number of hydrogen-bond acceptors (Lipinski definition) is 2. The molecule has 11 heavy (non-hydrogen) atoms. The molecule has 1 heterocycles. The smallest absolute Gasteiger partial charge is 0.0550 e. The van der Waals surface area contributed by atoms with Crippen LogP contribution in [0.15, 0.2) is 35.6 Å². The third-order valence-corrected chi connectivity index (χ3v) is 1.61. The summed E-state index contributed by atoms with van der Waals surface area (Å²) in [6.07, 6.45) is 5.64. The first-order valence-corrected chi connectivity index (χ1v) is 3.51. The predicted octanol–water partition coefficient (Wildman–Crippen LogP) is 1.59. The summed E-state index contributed by atoms with van der Waals surface area (Å²) in [5.41, 5.74) is 5.13. The summed E-state index contributed by atoms with van der Waals surface area (Å²) in [4.78, 5) is 0. The van der Waals surface area contributed by atoms with Crippen molar-refractivity contribution in [1.29, 1.82) is 0 Å². The van der Waals surface area contributed by atoms with Gasteiger partial charge in [-0.15, -0.1) is 0 Å². The maximum absolute atomic E-state index is 3.95. The molecule has 1 aromatic carbocycles. The summed E-state index contributed by atoms with van der Waals surface area (Å²) in [6.45, 7) is 0. The lowest BCUT2D eigenvalue weighted by atomic mass is 10.1. The molecule has 1 aliphatic heterocycles. The summed E-state index contributed by atoms with van der Waals surface area (Å²) in [7, 11) is 0. The Morgan fingerprint density at radius 1 is 1.09 bits per heavy atom. The first-order chi connectivity index (χ1) is 5.47. The number of hydrogen-bond donors (Lipinski definition) is 1. The van der Waals surface area contributed by atoms with Crippen molar-refractivity contribution in [3.63, 3.8) is 0 Å². The quantitative estimate of drug-likeness (QED) is 0.587. The van der Waals surface area contributed by atoms with Crippen molar-refractivity contribution in [2.45, 2.75) is 0 Å². The molecule has 1 aromatic rings. The van der Waals surface area contributed by atoms with Gasteiger partial charge in [0.15, 0.2) is 0 Å². The van der Waals surface area contributed by atoms with Gasteiger partial charge in [-0.05, 0) is 11.6 Å². The number of fused-ring (bicyclic) bond motifs is 1. The zero-order valence-electron chi connectivity index (χ0n) is 5.99. The van der Waals surface area contributed by atoms with Crippen molar-refractivity contribution < 1.29 is 0 Å². The molecule has 1 N–H and O–H groups in total. The second-order valence-electron chi connectivity index (χ2n) is 2.35. The van der Waals surface area contributed by atoms with E-state index in [1.54, 1.807) is 0 Å². The molecule has 0 amide bonds. The van der Waals surface area contributed by atoms with Crippen LogP contribution in [0.3, 0.4) is 0 Å².